The highest BCUT2D eigenvalue weighted by molar-refractivity contribution is 6.01. The Balaban J connectivity index is 1.89. The molecule has 2 aromatic rings. The van der Waals surface area contributed by atoms with Gasteiger partial charge in [0, 0.05) is 14.1 Å². The predicted octanol–water partition coefficient (Wildman–Crippen LogP) is 4.13. The number of nitrogens with one attached hydrogen (secondary N) is 2. The number of amides is 4. The van der Waals surface area contributed by atoms with Crippen molar-refractivity contribution in [2.45, 2.75) is 78.9 Å². The van der Waals surface area contributed by atoms with Gasteiger partial charge in [0.1, 0.15) is 36.8 Å². The molecule has 0 aliphatic carbocycles. The van der Waals surface area contributed by atoms with Crippen molar-refractivity contribution in [2.75, 3.05) is 33.9 Å². The van der Waals surface area contributed by atoms with Gasteiger partial charge in [-0.2, -0.15) is 0 Å². The van der Waals surface area contributed by atoms with E-state index >= 15 is 0 Å². The Labute approximate surface area is 267 Å². The summed E-state index contributed by atoms with van der Waals surface area (Å²) >= 11 is 0. The van der Waals surface area contributed by atoms with E-state index in [-0.39, 0.29) is 55.5 Å². The number of hydrogen-bond acceptors (Lipinski definition) is 6. The Bertz CT molecular complexity index is 1340. The van der Waals surface area contributed by atoms with Crippen LogP contribution in [0.2, 0.25) is 0 Å². The van der Waals surface area contributed by atoms with Crippen LogP contribution < -0.4 is 20.1 Å². The summed E-state index contributed by atoms with van der Waals surface area (Å²) in [6, 6.07) is 10.3. The van der Waals surface area contributed by atoms with Crippen molar-refractivity contribution in [2.24, 2.45) is 11.8 Å². The lowest BCUT2D eigenvalue weighted by atomic mass is 9.98. The second-order valence-electron chi connectivity index (χ2n) is 12.8. The molecule has 1 aliphatic heterocycles. The van der Waals surface area contributed by atoms with Crippen molar-refractivity contribution in [1.82, 2.24) is 20.4 Å². The van der Waals surface area contributed by atoms with E-state index in [4.69, 9.17) is 9.47 Å². The summed E-state index contributed by atoms with van der Waals surface area (Å²) in [6.07, 6.45) is 0.802. The van der Waals surface area contributed by atoms with Gasteiger partial charge in [-0.25, -0.2) is 0 Å². The second kappa shape index (κ2) is 16.3. The third-order valence-electron chi connectivity index (χ3n) is 8.26. The molecule has 0 aromatic heterocycles. The van der Waals surface area contributed by atoms with Crippen molar-refractivity contribution in [3.05, 3.63) is 59.2 Å². The minimum absolute atomic E-state index is 0.129. The minimum Gasteiger partial charge on any atom is -0.491 e. The van der Waals surface area contributed by atoms with Crippen LogP contribution in [-0.4, -0.2) is 85.4 Å². The van der Waals surface area contributed by atoms with Crippen molar-refractivity contribution in [1.29, 1.82) is 0 Å². The number of rotatable bonds is 9. The van der Waals surface area contributed by atoms with Gasteiger partial charge >= 0.3 is 0 Å². The van der Waals surface area contributed by atoms with Gasteiger partial charge in [-0.1, -0.05) is 52.0 Å². The average molecular weight is 623 g/mol. The molecule has 0 bridgehead atoms. The highest BCUT2D eigenvalue weighted by Crippen LogP contribution is 2.23. The summed E-state index contributed by atoms with van der Waals surface area (Å²) in [4.78, 5) is 57.8. The third-order valence-corrected chi connectivity index (χ3v) is 8.26. The molecule has 0 saturated carbocycles. The fourth-order valence-electron chi connectivity index (χ4n) is 5.41. The number of benzene rings is 2. The molecule has 45 heavy (non-hydrogen) atoms. The molecular weight excluding hydrogens is 572 g/mol. The van der Waals surface area contributed by atoms with Crippen molar-refractivity contribution in [3.8, 4) is 11.5 Å². The first-order valence-electron chi connectivity index (χ1n) is 15.8. The summed E-state index contributed by atoms with van der Waals surface area (Å²) in [5.41, 5.74) is 2.35. The number of carbonyl (C=O) groups excluding carboxylic acids is 4. The third kappa shape index (κ3) is 9.70. The maximum atomic E-state index is 14.0. The Morgan fingerprint density at radius 1 is 0.978 bits per heavy atom. The van der Waals surface area contributed by atoms with Crippen LogP contribution in [0.4, 0.5) is 0 Å². The molecule has 10 heteroatoms. The zero-order chi connectivity index (χ0) is 33.3. The first-order chi connectivity index (χ1) is 21.3. The molecule has 3 rings (SSSR count). The van der Waals surface area contributed by atoms with Crippen molar-refractivity contribution < 1.29 is 28.7 Å². The summed E-state index contributed by atoms with van der Waals surface area (Å²) < 4.78 is 12.1. The van der Waals surface area contributed by atoms with Crippen LogP contribution in [0.3, 0.4) is 0 Å². The number of aryl methyl sites for hydroxylation is 1. The van der Waals surface area contributed by atoms with Crippen LogP contribution in [0.5, 0.6) is 11.5 Å². The molecule has 4 amide bonds. The first-order valence-corrected chi connectivity index (χ1v) is 15.8. The van der Waals surface area contributed by atoms with E-state index in [1.54, 1.807) is 43.3 Å². The largest absolute Gasteiger partial charge is 0.491 e. The molecule has 0 radical (unpaired) electrons. The molecule has 3 atom stereocenters. The molecule has 0 saturated heterocycles. The van der Waals surface area contributed by atoms with Gasteiger partial charge in [-0.15, -0.1) is 0 Å². The molecule has 0 spiro atoms. The lowest BCUT2D eigenvalue weighted by Gasteiger charge is -2.37. The van der Waals surface area contributed by atoms with Gasteiger partial charge in [-0.05, 0) is 67.9 Å². The summed E-state index contributed by atoms with van der Waals surface area (Å²) in [6.45, 7) is 12.7. The van der Waals surface area contributed by atoms with Gasteiger partial charge in [0.25, 0.3) is 5.91 Å². The lowest BCUT2D eigenvalue weighted by molar-refractivity contribution is -0.147. The number of ether oxygens (including phenoxy) is 2. The monoisotopic (exact) mass is 622 g/mol. The van der Waals surface area contributed by atoms with Gasteiger partial charge in [0.2, 0.25) is 17.7 Å². The SMILES string of the molecule is Cc1cccc(OCCNC(=O)[C@@H]2CC(=O)N(C)[C@@H](CC(C)C)C(=O)N(C)[C@H](CC(C)C)COc3ccccc3C(=O)N2)c1C. The molecule has 246 valence electrons. The fraction of sp³-hybridized carbons (Fsp3) is 0.543. The molecular formula is C35H50N4O6. The van der Waals surface area contributed by atoms with Crippen LogP contribution in [-0.2, 0) is 14.4 Å². The highest BCUT2D eigenvalue weighted by Gasteiger charge is 2.36. The molecule has 2 aromatic carbocycles. The number of para-hydroxylation sites is 1. The van der Waals surface area contributed by atoms with Crippen molar-refractivity contribution >= 4 is 23.6 Å². The number of carbonyl (C=O) groups is 4. The average Bonchev–Trinajstić information content (AvgIpc) is 2.99. The number of nitrogens with zero attached hydrogens (tertiary/aromatic N) is 2. The molecule has 2 N–H and O–H groups in total. The summed E-state index contributed by atoms with van der Waals surface area (Å²) in [7, 11) is 3.33. The number of hydrogen-bond donors (Lipinski definition) is 2. The van der Waals surface area contributed by atoms with E-state index in [1.807, 2.05) is 45.9 Å². The maximum absolute atomic E-state index is 14.0. The normalized spacial score (nSPS) is 20.0. The van der Waals surface area contributed by atoms with E-state index in [9.17, 15) is 19.2 Å². The number of fused-ring (bicyclic) bond motifs is 1. The van der Waals surface area contributed by atoms with Crippen LogP contribution in [0.25, 0.3) is 0 Å². The molecule has 1 heterocycles. The number of likely N-dealkylation sites (N-methyl/N-ethyl adjacent to an activating group) is 2. The second-order valence-corrected chi connectivity index (χ2v) is 12.8. The zero-order valence-electron chi connectivity index (χ0n) is 28.0. The Morgan fingerprint density at radius 3 is 2.36 bits per heavy atom. The standard InChI is InChI=1S/C35H50N4O6/c1-22(2)18-26-21-45-31-14-10-9-13-27(31)33(41)37-28(20-32(40)39(8)29(19-23(3)4)35(43)38(26)7)34(42)36-16-17-44-30-15-11-12-24(5)25(30)6/h9-15,22-23,26,28-29H,16-21H2,1-8H3,(H,36,42)(H,37,41)/t26-,28+,29+/m1/s1. The molecule has 0 unspecified atom stereocenters. The predicted molar refractivity (Wildman–Crippen MR) is 174 cm³/mol. The van der Waals surface area contributed by atoms with Crippen molar-refractivity contribution in [3.63, 3.8) is 0 Å². The highest BCUT2D eigenvalue weighted by atomic mass is 16.5. The fourth-order valence-corrected chi connectivity index (χ4v) is 5.41. The first kappa shape index (κ1) is 35.4. The summed E-state index contributed by atoms with van der Waals surface area (Å²) in [5, 5.41) is 5.56. The van der Waals surface area contributed by atoms with Crippen LogP contribution >= 0.6 is 0 Å². The van der Waals surface area contributed by atoms with Gasteiger partial charge in [0.15, 0.2) is 0 Å². The maximum Gasteiger partial charge on any atom is 0.255 e. The van der Waals surface area contributed by atoms with Gasteiger partial charge in [0.05, 0.1) is 24.6 Å². The van der Waals surface area contributed by atoms with E-state index in [0.29, 0.717) is 18.6 Å². The smallest absolute Gasteiger partial charge is 0.255 e. The summed E-state index contributed by atoms with van der Waals surface area (Å²) in [5.74, 6) is -0.197. The zero-order valence-corrected chi connectivity index (χ0v) is 28.0. The van der Waals surface area contributed by atoms with E-state index < -0.39 is 29.8 Å². The lowest BCUT2D eigenvalue weighted by Crippen LogP contribution is -2.55. The van der Waals surface area contributed by atoms with Gasteiger partial charge < -0.3 is 29.9 Å². The van der Waals surface area contributed by atoms with E-state index in [0.717, 1.165) is 16.9 Å². The minimum atomic E-state index is -1.19. The molecule has 0 fully saturated rings. The molecule has 1 aliphatic rings. The van der Waals surface area contributed by atoms with Gasteiger partial charge in [-0.3, -0.25) is 19.2 Å². The van der Waals surface area contributed by atoms with Crippen LogP contribution in [0, 0.1) is 25.7 Å². The van der Waals surface area contributed by atoms with E-state index in [1.165, 1.54) is 4.90 Å². The van der Waals surface area contributed by atoms with Crippen LogP contribution in [0.1, 0.15) is 68.4 Å². The topological polar surface area (TPSA) is 117 Å². The Morgan fingerprint density at radius 2 is 1.67 bits per heavy atom. The Hall–Kier alpha value is -4.08. The van der Waals surface area contributed by atoms with Crippen LogP contribution in [0.15, 0.2) is 42.5 Å². The Kier molecular flexibility index (Phi) is 12.8. The quantitative estimate of drug-likeness (QED) is 0.407. The van der Waals surface area contributed by atoms with E-state index in [2.05, 4.69) is 24.5 Å². The molecule has 10 nitrogen and oxygen atoms in total.